The van der Waals surface area contributed by atoms with Gasteiger partial charge in [0.1, 0.15) is 0 Å². The van der Waals surface area contributed by atoms with Gasteiger partial charge in [0.05, 0.1) is 11.5 Å². The van der Waals surface area contributed by atoms with Gasteiger partial charge in [-0.2, -0.15) is 0 Å². The highest BCUT2D eigenvalue weighted by atomic mass is 32.2. The van der Waals surface area contributed by atoms with Crippen molar-refractivity contribution in [3.05, 3.63) is 0 Å². The molecule has 18 heavy (non-hydrogen) atoms. The van der Waals surface area contributed by atoms with Crippen molar-refractivity contribution in [3.63, 3.8) is 0 Å². The number of nitrogens with zero attached hydrogens (tertiary/aromatic N) is 1. The van der Waals surface area contributed by atoms with Crippen LogP contribution in [-0.4, -0.2) is 49.4 Å². The summed E-state index contributed by atoms with van der Waals surface area (Å²) in [6.07, 6.45) is 3.49. The van der Waals surface area contributed by atoms with E-state index in [9.17, 15) is 13.2 Å². The van der Waals surface area contributed by atoms with E-state index in [4.69, 9.17) is 5.73 Å². The third-order valence-corrected chi connectivity index (χ3v) is 5.87. The van der Waals surface area contributed by atoms with Gasteiger partial charge in [-0.1, -0.05) is 0 Å². The zero-order valence-electron chi connectivity index (χ0n) is 10.8. The molecule has 0 bridgehead atoms. The van der Waals surface area contributed by atoms with Crippen LogP contribution in [0.2, 0.25) is 0 Å². The first-order valence-corrected chi connectivity index (χ1v) is 8.47. The van der Waals surface area contributed by atoms with Crippen molar-refractivity contribution >= 4 is 15.7 Å². The monoisotopic (exact) mass is 274 g/mol. The predicted molar refractivity (Wildman–Crippen MR) is 69.8 cm³/mol. The Morgan fingerprint density at radius 1 is 1.22 bits per heavy atom. The van der Waals surface area contributed by atoms with Gasteiger partial charge in [-0.3, -0.25) is 4.79 Å². The van der Waals surface area contributed by atoms with Crippen molar-refractivity contribution in [1.29, 1.82) is 0 Å². The summed E-state index contributed by atoms with van der Waals surface area (Å²) < 4.78 is 23.0. The van der Waals surface area contributed by atoms with Gasteiger partial charge >= 0.3 is 0 Å². The quantitative estimate of drug-likeness (QED) is 0.738. The minimum atomic E-state index is -2.95. The van der Waals surface area contributed by atoms with E-state index in [-0.39, 0.29) is 35.4 Å². The second-order valence-electron chi connectivity index (χ2n) is 5.61. The maximum Gasteiger partial charge on any atom is 0.225 e. The molecule has 1 aliphatic heterocycles. The summed E-state index contributed by atoms with van der Waals surface area (Å²) in [6.45, 7) is 2.17. The number of hydrogen-bond acceptors (Lipinski definition) is 4. The Bertz CT molecular complexity index is 413. The third-order valence-electron chi connectivity index (χ3n) is 4.07. The van der Waals surface area contributed by atoms with Crippen molar-refractivity contribution in [3.8, 4) is 0 Å². The largest absolute Gasteiger partial charge is 0.338 e. The van der Waals surface area contributed by atoms with Crippen LogP contribution in [0.3, 0.4) is 0 Å². The molecular formula is C12H22N2O3S. The molecule has 2 rings (SSSR count). The van der Waals surface area contributed by atoms with E-state index >= 15 is 0 Å². The number of nitrogens with two attached hydrogens (primary N) is 1. The van der Waals surface area contributed by atoms with Gasteiger partial charge in [-0.15, -0.1) is 0 Å². The molecule has 1 unspecified atom stereocenters. The molecule has 0 radical (unpaired) electrons. The molecule has 0 aromatic rings. The molecule has 2 aliphatic rings. The molecule has 1 saturated heterocycles. The van der Waals surface area contributed by atoms with Crippen molar-refractivity contribution in [1.82, 2.24) is 4.90 Å². The van der Waals surface area contributed by atoms with Crippen LogP contribution < -0.4 is 5.73 Å². The molecule has 104 valence electrons. The molecule has 1 atom stereocenters. The molecular weight excluding hydrogens is 252 g/mol. The van der Waals surface area contributed by atoms with Crippen LogP contribution in [-0.2, 0) is 14.6 Å². The highest BCUT2D eigenvalue weighted by Gasteiger charge is 2.35. The fourth-order valence-electron chi connectivity index (χ4n) is 2.93. The molecule has 0 spiro atoms. The van der Waals surface area contributed by atoms with E-state index in [2.05, 4.69) is 0 Å². The first-order chi connectivity index (χ1) is 8.39. The van der Waals surface area contributed by atoms with E-state index in [1.807, 2.05) is 6.92 Å². The molecule has 2 N–H and O–H groups in total. The highest BCUT2D eigenvalue weighted by molar-refractivity contribution is 7.91. The molecule has 1 aliphatic carbocycles. The van der Waals surface area contributed by atoms with Gasteiger partial charge in [-0.25, -0.2) is 8.42 Å². The van der Waals surface area contributed by atoms with E-state index in [1.54, 1.807) is 4.90 Å². The molecule has 1 amide bonds. The molecule has 1 saturated carbocycles. The van der Waals surface area contributed by atoms with Crippen molar-refractivity contribution in [2.45, 2.75) is 44.7 Å². The van der Waals surface area contributed by atoms with Gasteiger partial charge < -0.3 is 10.6 Å². The zero-order valence-corrected chi connectivity index (χ0v) is 11.7. The number of carbonyl (C=O) groups is 1. The number of carbonyl (C=O) groups excluding carboxylic acids is 1. The molecule has 2 fully saturated rings. The average molecular weight is 274 g/mol. The minimum absolute atomic E-state index is 0.0491. The van der Waals surface area contributed by atoms with Crippen LogP contribution in [0.25, 0.3) is 0 Å². The SMILES string of the molecule is CC1CS(=O)(=O)CCN1C(=O)C1CCC(N)CC1. The van der Waals surface area contributed by atoms with Gasteiger partial charge in [0, 0.05) is 24.5 Å². The molecule has 0 aromatic heterocycles. The molecule has 1 heterocycles. The normalized spacial score (nSPS) is 36.3. The van der Waals surface area contributed by atoms with Gasteiger partial charge in [-0.05, 0) is 32.6 Å². The van der Waals surface area contributed by atoms with E-state index in [0.717, 1.165) is 25.7 Å². The summed E-state index contributed by atoms with van der Waals surface area (Å²) in [5.41, 5.74) is 5.83. The Kier molecular flexibility index (Phi) is 3.96. The van der Waals surface area contributed by atoms with Crippen LogP contribution in [0.1, 0.15) is 32.6 Å². The van der Waals surface area contributed by atoms with Crippen molar-refractivity contribution in [2.24, 2.45) is 11.7 Å². The van der Waals surface area contributed by atoms with Crippen molar-refractivity contribution in [2.75, 3.05) is 18.1 Å². The number of rotatable bonds is 1. The fourth-order valence-corrected chi connectivity index (χ4v) is 4.48. The summed E-state index contributed by atoms with van der Waals surface area (Å²) in [5.74, 6) is 0.387. The van der Waals surface area contributed by atoms with E-state index in [1.165, 1.54) is 0 Å². The predicted octanol–water partition coefficient (Wildman–Crippen LogP) is 0.149. The summed E-state index contributed by atoms with van der Waals surface area (Å²) in [5, 5.41) is 0. The maximum atomic E-state index is 12.4. The molecule has 0 aromatic carbocycles. The van der Waals surface area contributed by atoms with Crippen LogP contribution >= 0.6 is 0 Å². The van der Waals surface area contributed by atoms with Gasteiger partial charge in [0.2, 0.25) is 5.91 Å². The van der Waals surface area contributed by atoms with Crippen LogP contribution in [0, 0.1) is 5.92 Å². The number of amides is 1. The lowest BCUT2D eigenvalue weighted by Crippen LogP contribution is -2.52. The number of hydrogen-bond donors (Lipinski definition) is 1. The Morgan fingerprint density at radius 3 is 2.39 bits per heavy atom. The second-order valence-corrected chi connectivity index (χ2v) is 7.84. The first kappa shape index (κ1) is 13.8. The Morgan fingerprint density at radius 2 is 1.83 bits per heavy atom. The van der Waals surface area contributed by atoms with E-state index < -0.39 is 9.84 Å². The summed E-state index contributed by atoms with van der Waals surface area (Å²) in [4.78, 5) is 14.1. The van der Waals surface area contributed by atoms with Gasteiger partial charge in [0.15, 0.2) is 9.84 Å². The fraction of sp³-hybridized carbons (Fsp3) is 0.917. The van der Waals surface area contributed by atoms with Crippen LogP contribution in [0.15, 0.2) is 0 Å². The minimum Gasteiger partial charge on any atom is -0.338 e. The lowest BCUT2D eigenvalue weighted by atomic mass is 9.85. The van der Waals surface area contributed by atoms with Crippen LogP contribution in [0.4, 0.5) is 0 Å². The van der Waals surface area contributed by atoms with Gasteiger partial charge in [0.25, 0.3) is 0 Å². The molecule has 6 heteroatoms. The average Bonchev–Trinajstić information content (AvgIpc) is 2.28. The van der Waals surface area contributed by atoms with Crippen LogP contribution in [0.5, 0.6) is 0 Å². The summed E-state index contributed by atoms with van der Waals surface area (Å²) >= 11 is 0. The highest BCUT2D eigenvalue weighted by Crippen LogP contribution is 2.26. The Balaban J connectivity index is 1.97. The van der Waals surface area contributed by atoms with E-state index in [0.29, 0.717) is 6.54 Å². The summed E-state index contributed by atoms with van der Waals surface area (Å²) in [7, 11) is -2.95. The standard InChI is InChI=1S/C12H22N2O3S/c1-9-8-18(16,17)7-6-14(9)12(15)10-2-4-11(13)5-3-10/h9-11H,2-8,13H2,1H3. The first-order valence-electron chi connectivity index (χ1n) is 6.65. The second kappa shape index (κ2) is 5.17. The third kappa shape index (κ3) is 3.03. The Hall–Kier alpha value is -0.620. The zero-order chi connectivity index (χ0) is 13.3. The Labute approximate surface area is 109 Å². The van der Waals surface area contributed by atoms with Crippen molar-refractivity contribution < 1.29 is 13.2 Å². The topological polar surface area (TPSA) is 80.5 Å². The summed E-state index contributed by atoms with van der Waals surface area (Å²) in [6, 6.07) is 0.0417. The maximum absolute atomic E-state index is 12.4. The smallest absolute Gasteiger partial charge is 0.225 e. The lowest BCUT2D eigenvalue weighted by Gasteiger charge is -2.37. The molecule has 5 nitrogen and oxygen atoms in total. The lowest BCUT2D eigenvalue weighted by molar-refractivity contribution is -0.138. The number of sulfone groups is 1.